The first-order valence-corrected chi connectivity index (χ1v) is 3.55. The van der Waals surface area contributed by atoms with Crippen molar-refractivity contribution in [3.05, 3.63) is 20.2 Å². The summed E-state index contributed by atoms with van der Waals surface area (Å²) in [5.74, 6) is -2.97. The standard InChI is InChI=1S/C5H7N3O5/c9-4-1-2-6-5(3-4,7(10)11)8(12)13/h6H,1-3H2. The molecule has 1 fully saturated rings. The fourth-order valence-corrected chi connectivity index (χ4v) is 1.15. The molecule has 0 saturated carbocycles. The van der Waals surface area contributed by atoms with Crippen LogP contribution < -0.4 is 5.32 Å². The fraction of sp³-hybridized carbons (Fsp3) is 0.800. The minimum atomic E-state index is -2.50. The van der Waals surface area contributed by atoms with Crippen LogP contribution in [0.25, 0.3) is 0 Å². The Morgan fingerprint density at radius 3 is 2.15 bits per heavy atom. The maximum Gasteiger partial charge on any atom is 0.527 e. The van der Waals surface area contributed by atoms with Gasteiger partial charge in [-0.2, -0.15) is 5.32 Å². The summed E-state index contributed by atoms with van der Waals surface area (Å²) >= 11 is 0. The molecular formula is C5H7N3O5. The van der Waals surface area contributed by atoms with Crippen LogP contribution in [0.3, 0.4) is 0 Å². The number of piperidine rings is 1. The molecule has 1 aliphatic heterocycles. The van der Waals surface area contributed by atoms with Crippen LogP contribution in [0.5, 0.6) is 0 Å². The Bertz CT molecular complexity index is 261. The van der Waals surface area contributed by atoms with Crippen LogP contribution in [0, 0.1) is 20.2 Å². The van der Waals surface area contributed by atoms with Crippen LogP contribution in [-0.4, -0.2) is 28.0 Å². The van der Waals surface area contributed by atoms with Crippen LogP contribution in [0.4, 0.5) is 0 Å². The molecule has 8 heteroatoms. The SMILES string of the molecule is O=C1CCNC([N+](=O)[O-])([N+](=O)[O-])C1. The molecule has 0 amide bonds. The van der Waals surface area contributed by atoms with Crippen molar-refractivity contribution >= 4 is 5.78 Å². The molecule has 1 saturated heterocycles. The Morgan fingerprint density at radius 1 is 1.31 bits per heavy atom. The van der Waals surface area contributed by atoms with E-state index in [1.165, 1.54) is 0 Å². The number of nitrogens with zero attached hydrogens (tertiary/aromatic N) is 2. The van der Waals surface area contributed by atoms with Crippen molar-refractivity contribution < 1.29 is 14.6 Å². The van der Waals surface area contributed by atoms with Crippen molar-refractivity contribution in [3.63, 3.8) is 0 Å². The van der Waals surface area contributed by atoms with E-state index in [0.29, 0.717) is 0 Å². The van der Waals surface area contributed by atoms with Gasteiger partial charge in [-0.1, -0.05) is 0 Å². The van der Waals surface area contributed by atoms with Crippen molar-refractivity contribution in [2.75, 3.05) is 6.54 Å². The van der Waals surface area contributed by atoms with Crippen LogP contribution in [0.15, 0.2) is 0 Å². The van der Waals surface area contributed by atoms with E-state index in [4.69, 9.17) is 0 Å². The predicted octanol–water partition coefficient (Wildman–Crippen LogP) is -0.854. The lowest BCUT2D eigenvalue weighted by molar-refractivity contribution is -0.804. The largest absolute Gasteiger partial charge is 0.527 e. The average Bonchev–Trinajstić information content (AvgIpc) is 2.03. The zero-order valence-corrected chi connectivity index (χ0v) is 6.56. The fourth-order valence-electron chi connectivity index (χ4n) is 1.15. The minimum absolute atomic E-state index is 0.0270. The Labute approximate surface area is 72.2 Å². The molecule has 1 N–H and O–H groups in total. The quantitative estimate of drug-likeness (QED) is 0.343. The Kier molecular flexibility index (Phi) is 2.24. The van der Waals surface area contributed by atoms with Crippen LogP contribution in [0.1, 0.15) is 12.8 Å². The van der Waals surface area contributed by atoms with Crippen LogP contribution in [0.2, 0.25) is 0 Å². The van der Waals surface area contributed by atoms with Gasteiger partial charge in [-0.25, -0.2) is 0 Å². The maximum absolute atomic E-state index is 10.8. The average molecular weight is 189 g/mol. The first kappa shape index (κ1) is 9.52. The summed E-state index contributed by atoms with van der Waals surface area (Å²) < 4.78 is 0. The summed E-state index contributed by atoms with van der Waals surface area (Å²) in [6.45, 7) is -0.0270. The highest BCUT2D eigenvalue weighted by molar-refractivity contribution is 5.80. The number of hydrogen-bond acceptors (Lipinski definition) is 6. The minimum Gasteiger partial charge on any atom is -0.299 e. The number of rotatable bonds is 2. The number of carbonyl (C=O) groups is 1. The summed E-state index contributed by atoms with van der Waals surface area (Å²) in [6, 6.07) is 0. The Balaban J connectivity index is 2.96. The molecule has 0 atom stereocenters. The summed E-state index contributed by atoms with van der Waals surface area (Å²) in [6.07, 6.45) is -0.587. The third kappa shape index (κ3) is 1.47. The van der Waals surface area contributed by atoms with Gasteiger partial charge in [-0.3, -0.25) is 25.0 Å². The van der Waals surface area contributed by atoms with Crippen LogP contribution >= 0.6 is 0 Å². The van der Waals surface area contributed by atoms with E-state index in [-0.39, 0.29) is 13.0 Å². The molecule has 0 aromatic heterocycles. The highest BCUT2D eigenvalue weighted by atomic mass is 16.7. The molecule has 0 aromatic carbocycles. The van der Waals surface area contributed by atoms with Crippen molar-refractivity contribution in [2.24, 2.45) is 0 Å². The molecule has 0 bridgehead atoms. The van der Waals surface area contributed by atoms with Crippen molar-refractivity contribution in [1.82, 2.24) is 5.32 Å². The van der Waals surface area contributed by atoms with Crippen LogP contribution in [-0.2, 0) is 4.79 Å². The highest BCUT2D eigenvalue weighted by Gasteiger charge is 2.59. The third-order valence-corrected chi connectivity index (χ3v) is 1.86. The van der Waals surface area contributed by atoms with Gasteiger partial charge < -0.3 is 0 Å². The second-order valence-electron chi connectivity index (χ2n) is 2.72. The van der Waals surface area contributed by atoms with E-state index in [9.17, 15) is 25.0 Å². The van der Waals surface area contributed by atoms with Gasteiger partial charge in [0.05, 0.1) is 0 Å². The van der Waals surface area contributed by atoms with Gasteiger partial charge in [-0.05, 0) is 0 Å². The van der Waals surface area contributed by atoms with Gasteiger partial charge in [0.25, 0.3) is 0 Å². The predicted molar refractivity (Wildman–Crippen MR) is 39.0 cm³/mol. The molecule has 0 aliphatic carbocycles. The maximum atomic E-state index is 10.8. The number of hydrogen-bond donors (Lipinski definition) is 1. The zero-order chi connectivity index (χ0) is 10.1. The molecule has 0 aromatic rings. The Morgan fingerprint density at radius 2 is 1.85 bits per heavy atom. The van der Waals surface area contributed by atoms with E-state index < -0.39 is 27.8 Å². The number of ketones is 1. The molecule has 72 valence electrons. The molecule has 13 heavy (non-hydrogen) atoms. The number of carbonyl (C=O) groups excluding carboxylic acids is 1. The molecule has 0 unspecified atom stereocenters. The van der Waals surface area contributed by atoms with Crippen molar-refractivity contribution in [1.29, 1.82) is 0 Å². The molecule has 1 rings (SSSR count). The molecular weight excluding hydrogens is 182 g/mol. The van der Waals surface area contributed by atoms with Gasteiger partial charge in [-0.15, -0.1) is 0 Å². The summed E-state index contributed by atoms with van der Waals surface area (Å²) in [5.41, 5.74) is 0. The summed E-state index contributed by atoms with van der Waals surface area (Å²) in [7, 11) is 0. The van der Waals surface area contributed by atoms with E-state index in [0.717, 1.165) is 0 Å². The zero-order valence-electron chi connectivity index (χ0n) is 6.56. The number of Topliss-reactive ketones (excluding diaryl/α,β-unsaturated/α-hetero) is 1. The summed E-state index contributed by atoms with van der Waals surface area (Å²) in [5, 5.41) is 23.0. The van der Waals surface area contributed by atoms with E-state index in [2.05, 4.69) is 5.32 Å². The van der Waals surface area contributed by atoms with Crippen molar-refractivity contribution in [2.45, 2.75) is 18.6 Å². The number of nitro groups is 2. The van der Waals surface area contributed by atoms with Gasteiger partial charge in [0, 0.05) is 13.0 Å². The highest BCUT2D eigenvalue weighted by Crippen LogP contribution is 2.17. The molecule has 1 heterocycles. The lowest BCUT2D eigenvalue weighted by Gasteiger charge is -2.20. The summed E-state index contributed by atoms with van der Waals surface area (Å²) in [4.78, 5) is 29.5. The molecule has 8 nitrogen and oxygen atoms in total. The first-order chi connectivity index (χ1) is 5.99. The van der Waals surface area contributed by atoms with E-state index in [1.54, 1.807) is 0 Å². The Hall–Kier alpha value is -1.57. The molecule has 0 spiro atoms. The third-order valence-electron chi connectivity index (χ3n) is 1.86. The second-order valence-corrected chi connectivity index (χ2v) is 2.72. The van der Waals surface area contributed by atoms with E-state index in [1.807, 2.05) is 0 Å². The molecule has 1 aliphatic rings. The lowest BCUT2D eigenvalue weighted by Crippen LogP contribution is -2.62. The van der Waals surface area contributed by atoms with Crippen molar-refractivity contribution in [3.8, 4) is 0 Å². The van der Waals surface area contributed by atoms with E-state index >= 15 is 0 Å². The monoisotopic (exact) mass is 189 g/mol. The van der Waals surface area contributed by atoms with Gasteiger partial charge in [0.15, 0.2) is 12.2 Å². The number of nitrogens with one attached hydrogen (secondary N) is 1. The normalized spacial score (nSPS) is 21.1. The van der Waals surface area contributed by atoms with Gasteiger partial charge in [0.1, 0.15) is 9.85 Å². The van der Waals surface area contributed by atoms with Gasteiger partial charge >= 0.3 is 5.79 Å². The molecule has 0 radical (unpaired) electrons. The smallest absolute Gasteiger partial charge is 0.299 e. The lowest BCUT2D eigenvalue weighted by atomic mass is 10.1. The second kappa shape index (κ2) is 3.05. The first-order valence-electron chi connectivity index (χ1n) is 3.55. The topological polar surface area (TPSA) is 115 Å². The van der Waals surface area contributed by atoms with Gasteiger partial charge in [0.2, 0.25) is 0 Å².